The number of aromatic nitrogens is 2. The topological polar surface area (TPSA) is 127 Å². The van der Waals surface area contributed by atoms with Gasteiger partial charge in [0.05, 0.1) is 22.1 Å². The van der Waals surface area contributed by atoms with Gasteiger partial charge in [0.25, 0.3) is 5.91 Å². The fourth-order valence-electron chi connectivity index (χ4n) is 2.67. The van der Waals surface area contributed by atoms with E-state index < -0.39 is 28.0 Å². The molecule has 0 aliphatic rings. The predicted molar refractivity (Wildman–Crippen MR) is 115 cm³/mol. The van der Waals surface area contributed by atoms with E-state index in [2.05, 4.69) is 20.0 Å². The molecular weight excluding hydrogens is 420 g/mol. The maximum atomic E-state index is 12.4. The normalized spacial score (nSPS) is 12.5. The van der Waals surface area contributed by atoms with Gasteiger partial charge in [-0.25, -0.2) is 22.9 Å². The molecule has 3 aromatic rings. The number of ether oxygens (including phenoxy) is 1. The molecule has 9 nitrogen and oxygen atoms in total. The Morgan fingerprint density at radius 1 is 0.968 bits per heavy atom. The van der Waals surface area contributed by atoms with E-state index in [1.165, 1.54) is 37.4 Å². The second-order valence-electron chi connectivity index (χ2n) is 7.08. The number of hydrogen-bond acceptors (Lipinski definition) is 7. The summed E-state index contributed by atoms with van der Waals surface area (Å²) in [5.74, 6) is -1.35. The standard InChI is InChI=1S/C21H22N4O5S/c1-13(2)25-31(28,29)16-10-8-15(9-11-16)23-20(26)14(3)30-21(27)19-12-22-17-6-4-5-7-18(17)24-19/h4-14,25H,1-3H3,(H,23,26)/t14-/m0/s1. The molecule has 1 heterocycles. The molecule has 1 aromatic heterocycles. The Hall–Kier alpha value is -3.37. The van der Waals surface area contributed by atoms with Crippen LogP contribution >= 0.6 is 0 Å². The SMILES string of the molecule is CC(C)NS(=O)(=O)c1ccc(NC(=O)[C@H](C)OC(=O)c2cnc3ccccc3n2)cc1. The smallest absolute Gasteiger partial charge is 0.359 e. The summed E-state index contributed by atoms with van der Waals surface area (Å²) in [4.78, 5) is 33.1. The molecule has 0 saturated heterocycles. The van der Waals surface area contributed by atoms with Gasteiger partial charge >= 0.3 is 5.97 Å². The third kappa shape index (κ3) is 5.62. The number of sulfonamides is 1. The number of nitrogens with one attached hydrogen (secondary N) is 2. The molecule has 0 radical (unpaired) electrons. The van der Waals surface area contributed by atoms with Crippen molar-refractivity contribution in [2.75, 3.05) is 5.32 Å². The Kier molecular flexibility index (Phi) is 6.62. The number of anilines is 1. The molecule has 0 aliphatic heterocycles. The van der Waals surface area contributed by atoms with Crippen LogP contribution in [0.4, 0.5) is 5.69 Å². The highest BCUT2D eigenvalue weighted by molar-refractivity contribution is 7.89. The minimum Gasteiger partial charge on any atom is -0.448 e. The van der Waals surface area contributed by atoms with Crippen LogP contribution in [0.3, 0.4) is 0 Å². The van der Waals surface area contributed by atoms with Crippen molar-refractivity contribution in [1.82, 2.24) is 14.7 Å². The molecule has 3 rings (SSSR count). The Balaban J connectivity index is 1.62. The van der Waals surface area contributed by atoms with E-state index in [0.717, 1.165) is 0 Å². The Labute approximate surface area is 179 Å². The number of benzene rings is 2. The number of amides is 1. The first kappa shape index (κ1) is 22.3. The van der Waals surface area contributed by atoms with Crippen molar-refractivity contribution in [2.24, 2.45) is 0 Å². The quantitative estimate of drug-likeness (QED) is 0.538. The van der Waals surface area contributed by atoms with E-state index in [1.807, 2.05) is 6.07 Å². The number of hydrogen-bond donors (Lipinski definition) is 2. The van der Waals surface area contributed by atoms with Crippen molar-refractivity contribution >= 4 is 38.6 Å². The van der Waals surface area contributed by atoms with Crippen molar-refractivity contribution in [1.29, 1.82) is 0 Å². The van der Waals surface area contributed by atoms with E-state index in [4.69, 9.17) is 4.74 Å². The van der Waals surface area contributed by atoms with Crippen LogP contribution in [0, 0.1) is 0 Å². The average molecular weight is 442 g/mol. The van der Waals surface area contributed by atoms with Crippen LogP contribution in [0.15, 0.2) is 59.6 Å². The molecule has 0 saturated carbocycles. The van der Waals surface area contributed by atoms with Gasteiger partial charge in [-0.2, -0.15) is 0 Å². The highest BCUT2D eigenvalue weighted by atomic mass is 32.2. The molecule has 162 valence electrons. The fraction of sp³-hybridized carbons (Fsp3) is 0.238. The summed E-state index contributed by atoms with van der Waals surface area (Å²) in [6, 6.07) is 12.5. The van der Waals surface area contributed by atoms with Gasteiger partial charge in [-0.3, -0.25) is 9.78 Å². The summed E-state index contributed by atoms with van der Waals surface area (Å²) in [7, 11) is -3.63. The summed E-state index contributed by atoms with van der Waals surface area (Å²) in [6.45, 7) is 4.86. The summed E-state index contributed by atoms with van der Waals surface area (Å²) >= 11 is 0. The maximum Gasteiger partial charge on any atom is 0.359 e. The predicted octanol–water partition coefficient (Wildman–Crippen LogP) is 2.50. The lowest BCUT2D eigenvalue weighted by atomic mass is 10.3. The van der Waals surface area contributed by atoms with Crippen molar-refractivity contribution in [2.45, 2.75) is 37.8 Å². The van der Waals surface area contributed by atoms with E-state index in [0.29, 0.717) is 16.7 Å². The third-order valence-corrected chi connectivity index (χ3v) is 5.81. The zero-order valence-electron chi connectivity index (χ0n) is 17.2. The molecule has 1 amide bonds. The Bertz CT molecular complexity index is 1210. The van der Waals surface area contributed by atoms with E-state index in [9.17, 15) is 18.0 Å². The van der Waals surface area contributed by atoms with Crippen LogP contribution in [0.2, 0.25) is 0 Å². The van der Waals surface area contributed by atoms with Crippen LogP contribution in [-0.4, -0.2) is 42.4 Å². The number of carbonyl (C=O) groups is 2. The minimum atomic E-state index is -3.63. The molecule has 1 atom stereocenters. The number of para-hydroxylation sites is 2. The van der Waals surface area contributed by atoms with Gasteiger partial charge in [0, 0.05) is 11.7 Å². The Morgan fingerprint density at radius 2 is 1.61 bits per heavy atom. The average Bonchev–Trinajstić information content (AvgIpc) is 2.72. The van der Waals surface area contributed by atoms with Gasteiger partial charge in [-0.15, -0.1) is 0 Å². The molecule has 0 bridgehead atoms. The van der Waals surface area contributed by atoms with Crippen molar-refractivity contribution in [3.63, 3.8) is 0 Å². The highest BCUT2D eigenvalue weighted by Crippen LogP contribution is 2.15. The first-order chi connectivity index (χ1) is 14.7. The number of esters is 1. The van der Waals surface area contributed by atoms with Crippen LogP contribution in [0.25, 0.3) is 11.0 Å². The van der Waals surface area contributed by atoms with Gasteiger partial charge in [-0.1, -0.05) is 12.1 Å². The largest absolute Gasteiger partial charge is 0.448 e. The van der Waals surface area contributed by atoms with E-state index in [-0.39, 0.29) is 16.6 Å². The summed E-state index contributed by atoms with van der Waals surface area (Å²) < 4.78 is 32.0. The van der Waals surface area contributed by atoms with Crippen LogP contribution in [-0.2, 0) is 19.6 Å². The number of fused-ring (bicyclic) bond motifs is 1. The van der Waals surface area contributed by atoms with Gasteiger partial charge in [0.15, 0.2) is 11.8 Å². The first-order valence-corrected chi connectivity index (χ1v) is 11.0. The lowest BCUT2D eigenvalue weighted by Crippen LogP contribution is -2.31. The molecule has 0 aliphatic carbocycles. The number of carbonyl (C=O) groups excluding carboxylic acids is 2. The highest BCUT2D eigenvalue weighted by Gasteiger charge is 2.21. The number of nitrogens with zero attached hydrogens (tertiary/aromatic N) is 2. The lowest BCUT2D eigenvalue weighted by Gasteiger charge is -2.14. The molecule has 0 unspecified atom stereocenters. The van der Waals surface area contributed by atoms with Gasteiger partial charge in [0.2, 0.25) is 10.0 Å². The second kappa shape index (κ2) is 9.19. The molecule has 31 heavy (non-hydrogen) atoms. The van der Waals surface area contributed by atoms with E-state index in [1.54, 1.807) is 32.0 Å². The molecule has 0 fully saturated rings. The lowest BCUT2D eigenvalue weighted by molar-refractivity contribution is -0.123. The summed E-state index contributed by atoms with van der Waals surface area (Å²) in [6.07, 6.45) is 0.186. The fourth-order valence-corrected chi connectivity index (χ4v) is 3.92. The van der Waals surface area contributed by atoms with Gasteiger partial charge < -0.3 is 10.1 Å². The van der Waals surface area contributed by atoms with Gasteiger partial charge in [0.1, 0.15) is 0 Å². The molecular formula is C21H22N4O5S. The monoisotopic (exact) mass is 442 g/mol. The molecule has 2 N–H and O–H groups in total. The molecule has 0 spiro atoms. The molecule has 10 heteroatoms. The summed E-state index contributed by atoms with van der Waals surface area (Å²) in [5, 5.41) is 2.58. The van der Waals surface area contributed by atoms with Gasteiger partial charge in [-0.05, 0) is 57.2 Å². The second-order valence-corrected chi connectivity index (χ2v) is 8.80. The number of rotatable bonds is 7. The maximum absolute atomic E-state index is 12.4. The summed E-state index contributed by atoms with van der Waals surface area (Å²) in [5.41, 5.74) is 1.53. The zero-order chi connectivity index (χ0) is 22.6. The minimum absolute atomic E-state index is 0.00874. The van der Waals surface area contributed by atoms with Crippen molar-refractivity contribution in [3.05, 3.63) is 60.4 Å². The van der Waals surface area contributed by atoms with Crippen molar-refractivity contribution in [3.8, 4) is 0 Å². The third-order valence-electron chi connectivity index (χ3n) is 4.13. The Morgan fingerprint density at radius 3 is 2.26 bits per heavy atom. The van der Waals surface area contributed by atoms with Crippen molar-refractivity contribution < 1.29 is 22.7 Å². The van der Waals surface area contributed by atoms with Crippen LogP contribution in [0.5, 0.6) is 0 Å². The molecule has 2 aromatic carbocycles. The van der Waals surface area contributed by atoms with E-state index >= 15 is 0 Å². The first-order valence-electron chi connectivity index (χ1n) is 9.52. The zero-order valence-corrected chi connectivity index (χ0v) is 18.0. The van der Waals surface area contributed by atoms with Crippen LogP contribution in [0.1, 0.15) is 31.3 Å². The van der Waals surface area contributed by atoms with Crippen LogP contribution < -0.4 is 10.0 Å².